The minimum Gasteiger partial charge on any atom is -0.0622 e. The van der Waals surface area contributed by atoms with Gasteiger partial charge in [-0.15, -0.1) is 0 Å². The fourth-order valence-corrected chi connectivity index (χ4v) is 2.37. The average Bonchev–Trinajstić information content (AvgIpc) is 2.74. The Morgan fingerprint density at radius 3 is 2.27 bits per heavy atom. The summed E-state index contributed by atoms with van der Waals surface area (Å²) in [5.41, 5.74) is 4.32. The number of hydrogen-bond donors (Lipinski definition) is 0. The lowest BCUT2D eigenvalue weighted by atomic mass is 9.93. The van der Waals surface area contributed by atoms with Crippen LogP contribution in [0.4, 0.5) is 0 Å². The molecule has 0 fully saturated rings. The van der Waals surface area contributed by atoms with Crippen molar-refractivity contribution in [3.63, 3.8) is 0 Å². The van der Waals surface area contributed by atoms with Gasteiger partial charge in [-0.1, -0.05) is 54.6 Å². The highest BCUT2D eigenvalue weighted by Crippen LogP contribution is 2.36. The van der Waals surface area contributed by atoms with Crippen LogP contribution in [0, 0.1) is 5.92 Å². The van der Waals surface area contributed by atoms with E-state index >= 15 is 0 Å². The summed E-state index contributed by atoms with van der Waals surface area (Å²) in [6, 6.07) is 19.5. The maximum atomic E-state index is 2.24. The molecule has 0 saturated heterocycles. The second-order valence-electron chi connectivity index (χ2n) is 4.00. The number of aryl methyl sites for hydroxylation is 1. The molecule has 0 nitrogen and oxygen atoms in total. The van der Waals surface area contributed by atoms with Crippen LogP contribution in [0.3, 0.4) is 0 Å². The van der Waals surface area contributed by atoms with E-state index < -0.39 is 0 Å². The van der Waals surface area contributed by atoms with Crippen molar-refractivity contribution >= 4 is 0 Å². The Morgan fingerprint density at radius 2 is 1.40 bits per heavy atom. The molecule has 0 unspecified atom stereocenters. The van der Waals surface area contributed by atoms with E-state index in [2.05, 4.69) is 54.6 Å². The second-order valence-corrected chi connectivity index (χ2v) is 4.00. The Morgan fingerprint density at radius 1 is 0.667 bits per heavy atom. The van der Waals surface area contributed by atoms with Gasteiger partial charge in [-0.05, 0) is 29.5 Å². The predicted octanol–water partition coefficient (Wildman–Crippen LogP) is 3.60. The van der Waals surface area contributed by atoms with Crippen LogP contribution in [0.5, 0.6) is 0 Å². The van der Waals surface area contributed by atoms with Crippen LogP contribution in [0.2, 0.25) is 0 Å². The Hall–Kier alpha value is -1.56. The summed E-state index contributed by atoms with van der Waals surface area (Å²) in [6.07, 6.45) is 2.38. The molecule has 0 spiro atoms. The highest BCUT2D eigenvalue weighted by atomic mass is 14.3. The molecule has 2 aromatic carbocycles. The van der Waals surface area contributed by atoms with Crippen LogP contribution >= 0.6 is 0 Å². The fourth-order valence-electron chi connectivity index (χ4n) is 2.37. The summed E-state index contributed by atoms with van der Waals surface area (Å²) in [7, 11) is 0. The van der Waals surface area contributed by atoms with Gasteiger partial charge in [-0.3, -0.25) is 0 Å². The van der Waals surface area contributed by atoms with Crippen molar-refractivity contribution in [3.05, 3.63) is 77.2 Å². The zero-order chi connectivity index (χ0) is 10.1. The molecule has 1 aliphatic carbocycles. The molecule has 0 heteroatoms. The third-order valence-electron chi connectivity index (χ3n) is 3.11. The van der Waals surface area contributed by atoms with Gasteiger partial charge in [0.1, 0.15) is 0 Å². The third kappa shape index (κ3) is 1.46. The Kier molecular flexibility index (Phi) is 2.06. The third-order valence-corrected chi connectivity index (χ3v) is 3.11. The standard InChI is InChI=1S/C15H13/c1-2-6-12(7-3-1)15-11-10-13-8-4-5-9-14(13)15/h1-9H,10-11H2. The number of rotatable bonds is 1. The molecule has 0 saturated carbocycles. The molecule has 0 N–H and O–H groups in total. The van der Waals surface area contributed by atoms with Gasteiger partial charge in [-0.2, -0.15) is 0 Å². The minimum absolute atomic E-state index is 1.18. The molecule has 0 aliphatic heterocycles. The van der Waals surface area contributed by atoms with E-state index in [-0.39, 0.29) is 0 Å². The van der Waals surface area contributed by atoms with E-state index in [4.69, 9.17) is 0 Å². The molecule has 0 amide bonds. The molecule has 1 aliphatic rings. The van der Waals surface area contributed by atoms with Crippen LogP contribution in [0.1, 0.15) is 23.1 Å². The Balaban J connectivity index is 2.05. The zero-order valence-electron chi connectivity index (χ0n) is 8.61. The molecule has 0 bridgehead atoms. The van der Waals surface area contributed by atoms with Gasteiger partial charge in [0.25, 0.3) is 0 Å². The molecule has 1 radical (unpaired) electrons. The van der Waals surface area contributed by atoms with E-state index in [1.54, 1.807) is 0 Å². The first kappa shape index (κ1) is 8.72. The highest BCUT2D eigenvalue weighted by molar-refractivity contribution is 5.53. The summed E-state index contributed by atoms with van der Waals surface area (Å²) in [4.78, 5) is 0. The van der Waals surface area contributed by atoms with Crippen LogP contribution in [0.15, 0.2) is 54.6 Å². The maximum absolute atomic E-state index is 2.24. The molecular weight excluding hydrogens is 180 g/mol. The first-order chi connectivity index (χ1) is 7.45. The first-order valence-corrected chi connectivity index (χ1v) is 5.45. The molecule has 0 atom stereocenters. The summed E-state index contributed by atoms with van der Waals surface area (Å²) >= 11 is 0. The smallest absolute Gasteiger partial charge is 0.0346 e. The van der Waals surface area contributed by atoms with Crippen molar-refractivity contribution in [1.82, 2.24) is 0 Å². The van der Waals surface area contributed by atoms with Crippen molar-refractivity contribution in [1.29, 1.82) is 0 Å². The monoisotopic (exact) mass is 193 g/mol. The van der Waals surface area contributed by atoms with E-state index in [0.717, 1.165) is 0 Å². The lowest BCUT2D eigenvalue weighted by molar-refractivity contribution is 0.963. The summed E-state index contributed by atoms with van der Waals surface area (Å²) < 4.78 is 0. The SMILES string of the molecule is c1ccc([C]2CCc3ccccc32)cc1. The second kappa shape index (κ2) is 3.54. The molecule has 15 heavy (non-hydrogen) atoms. The van der Waals surface area contributed by atoms with E-state index in [9.17, 15) is 0 Å². The van der Waals surface area contributed by atoms with Gasteiger partial charge >= 0.3 is 0 Å². The van der Waals surface area contributed by atoms with Crippen molar-refractivity contribution in [2.24, 2.45) is 0 Å². The lowest BCUT2D eigenvalue weighted by Gasteiger charge is -2.10. The molecule has 73 valence electrons. The van der Waals surface area contributed by atoms with Gasteiger partial charge < -0.3 is 0 Å². The summed E-state index contributed by atoms with van der Waals surface area (Å²) in [5, 5.41) is 0. The zero-order valence-corrected chi connectivity index (χ0v) is 8.61. The number of hydrogen-bond acceptors (Lipinski definition) is 0. The van der Waals surface area contributed by atoms with Crippen molar-refractivity contribution in [2.45, 2.75) is 12.8 Å². The van der Waals surface area contributed by atoms with Crippen molar-refractivity contribution < 1.29 is 0 Å². The fraction of sp³-hybridized carbons (Fsp3) is 0.133. The summed E-state index contributed by atoms with van der Waals surface area (Å²) in [6.45, 7) is 0. The van der Waals surface area contributed by atoms with Crippen molar-refractivity contribution in [3.8, 4) is 0 Å². The molecule has 2 aromatic rings. The predicted molar refractivity (Wildman–Crippen MR) is 62.7 cm³/mol. The number of benzene rings is 2. The topological polar surface area (TPSA) is 0 Å². The quantitative estimate of drug-likeness (QED) is 0.649. The van der Waals surface area contributed by atoms with Gasteiger partial charge in [-0.25, -0.2) is 0 Å². The van der Waals surface area contributed by atoms with Crippen LogP contribution < -0.4 is 0 Å². The van der Waals surface area contributed by atoms with Crippen molar-refractivity contribution in [2.75, 3.05) is 0 Å². The van der Waals surface area contributed by atoms with Gasteiger partial charge in [0, 0.05) is 5.92 Å². The largest absolute Gasteiger partial charge is 0.0622 e. The summed E-state index contributed by atoms with van der Waals surface area (Å²) in [5.74, 6) is 1.51. The van der Waals surface area contributed by atoms with Gasteiger partial charge in [0.15, 0.2) is 0 Å². The number of fused-ring (bicyclic) bond motifs is 1. The minimum atomic E-state index is 1.18. The van der Waals surface area contributed by atoms with Crippen LogP contribution in [0.25, 0.3) is 0 Å². The first-order valence-electron chi connectivity index (χ1n) is 5.45. The Labute approximate surface area is 90.6 Å². The average molecular weight is 193 g/mol. The molecule has 0 heterocycles. The van der Waals surface area contributed by atoms with Crippen LogP contribution in [-0.2, 0) is 6.42 Å². The molecule has 3 rings (SSSR count). The van der Waals surface area contributed by atoms with E-state index in [1.807, 2.05) is 0 Å². The molecular formula is C15H13. The normalized spacial score (nSPS) is 15.2. The van der Waals surface area contributed by atoms with E-state index in [1.165, 1.54) is 35.4 Å². The van der Waals surface area contributed by atoms with Crippen LogP contribution in [-0.4, -0.2) is 0 Å². The van der Waals surface area contributed by atoms with E-state index in [0.29, 0.717) is 0 Å². The van der Waals surface area contributed by atoms with Gasteiger partial charge in [0.05, 0.1) is 0 Å². The van der Waals surface area contributed by atoms with Gasteiger partial charge in [0.2, 0.25) is 0 Å². The molecule has 0 aromatic heterocycles. The maximum Gasteiger partial charge on any atom is 0.0346 e. The highest BCUT2D eigenvalue weighted by Gasteiger charge is 2.23. The lowest BCUT2D eigenvalue weighted by Crippen LogP contribution is -1.96. The Bertz CT molecular complexity index is 456.